The average molecular weight is 350 g/mol. The Hall–Kier alpha value is -2.48. The van der Waals surface area contributed by atoms with Crippen LogP contribution in [-0.4, -0.2) is 37.5 Å². The molecular weight excluding hydrogens is 334 g/mol. The van der Waals surface area contributed by atoms with Crippen molar-refractivity contribution >= 4 is 23.2 Å². The van der Waals surface area contributed by atoms with Crippen molar-refractivity contribution in [2.45, 2.75) is 25.3 Å². The number of benzene rings is 1. The lowest BCUT2D eigenvalue weighted by atomic mass is 10.2. The molecule has 1 heterocycles. The van der Waals surface area contributed by atoms with Crippen LogP contribution in [0.3, 0.4) is 0 Å². The molecule has 2 aromatic rings. The molecule has 0 aliphatic heterocycles. The zero-order valence-electron chi connectivity index (χ0n) is 13.3. The first-order valence-electron chi connectivity index (χ1n) is 7.46. The largest absolute Gasteiger partial charge is 0.334 e. The molecule has 24 heavy (non-hydrogen) atoms. The van der Waals surface area contributed by atoms with E-state index in [2.05, 4.69) is 10.2 Å². The van der Waals surface area contributed by atoms with Crippen LogP contribution in [-0.2, 0) is 13.6 Å². The lowest BCUT2D eigenvalue weighted by Crippen LogP contribution is -2.27. The van der Waals surface area contributed by atoms with Gasteiger partial charge in [0.05, 0.1) is 11.5 Å². The number of aromatic nitrogens is 3. The highest BCUT2D eigenvalue weighted by molar-refractivity contribution is 6.33. The van der Waals surface area contributed by atoms with Crippen LogP contribution in [0.15, 0.2) is 18.2 Å². The molecule has 1 amide bonds. The molecule has 126 valence electrons. The van der Waals surface area contributed by atoms with E-state index in [1.807, 2.05) is 11.6 Å². The van der Waals surface area contributed by atoms with Gasteiger partial charge in [-0.25, -0.2) is 0 Å². The first kappa shape index (κ1) is 16.4. The van der Waals surface area contributed by atoms with Crippen molar-refractivity contribution < 1.29 is 9.72 Å². The molecule has 0 radical (unpaired) electrons. The summed E-state index contributed by atoms with van der Waals surface area (Å²) >= 11 is 5.86. The van der Waals surface area contributed by atoms with Gasteiger partial charge in [-0.05, 0) is 25.0 Å². The number of hydrogen-bond donors (Lipinski definition) is 0. The maximum atomic E-state index is 12.5. The van der Waals surface area contributed by atoms with Crippen LogP contribution in [0.4, 0.5) is 5.69 Å². The fourth-order valence-electron chi connectivity index (χ4n) is 2.50. The van der Waals surface area contributed by atoms with Gasteiger partial charge in [-0.2, -0.15) is 0 Å². The summed E-state index contributed by atoms with van der Waals surface area (Å²) in [7, 11) is 3.53. The van der Waals surface area contributed by atoms with Crippen LogP contribution in [0.25, 0.3) is 0 Å². The Morgan fingerprint density at radius 1 is 1.46 bits per heavy atom. The van der Waals surface area contributed by atoms with Crippen molar-refractivity contribution in [3.63, 3.8) is 0 Å². The van der Waals surface area contributed by atoms with E-state index in [4.69, 9.17) is 11.6 Å². The average Bonchev–Trinajstić information content (AvgIpc) is 3.31. The van der Waals surface area contributed by atoms with Crippen LogP contribution in [0.2, 0.25) is 5.02 Å². The zero-order chi connectivity index (χ0) is 17.4. The number of nitro benzene ring substituents is 1. The monoisotopic (exact) mass is 349 g/mol. The number of nitrogens with zero attached hydrogens (tertiary/aromatic N) is 5. The van der Waals surface area contributed by atoms with E-state index in [1.165, 1.54) is 23.1 Å². The molecule has 1 aromatic heterocycles. The van der Waals surface area contributed by atoms with E-state index >= 15 is 0 Å². The standard InChI is InChI=1S/C15H16ClN5O3/c1-19(8-13-17-18-14(20(13)2)9-3-4-9)15(22)10-5-6-12(21(23)24)11(16)7-10/h5-7,9H,3-4,8H2,1-2H3. The van der Waals surface area contributed by atoms with Gasteiger partial charge in [0.25, 0.3) is 11.6 Å². The Bertz CT molecular complexity index is 815. The highest BCUT2D eigenvalue weighted by Crippen LogP contribution is 2.38. The normalized spacial score (nSPS) is 13.8. The lowest BCUT2D eigenvalue weighted by molar-refractivity contribution is -0.384. The first-order valence-corrected chi connectivity index (χ1v) is 7.84. The molecule has 0 unspecified atom stereocenters. The third kappa shape index (κ3) is 3.09. The number of carbonyl (C=O) groups is 1. The van der Waals surface area contributed by atoms with Crippen molar-refractivity contribution in [3.8, 4) is 0 Å². The molecule has 0 N–H and O–H groups in total. The fourth-order valence-corrected chi connectivity index (χ4v) is 2.75. The molecule has 1 aliphatic carbocycles. The summed E-state index contributed by atoms with van der Waals surface area (Å²) in [4.78, 5) is 24.2. The molecule has 1 aromatic carbocycles. The summed E-state index contributed by atoms with van der Waals surface area (Å²) in [5, 5.41) is 19.1. The minimum Gasteiger partial charge on any atom is -0.334 e. The van der Waals surface area contributed by atoms with Crippen LogP contribution in [0.1, 0.15) is 40.8 Å². The highest BCUT2D eigenvalue weighted by atomic mass is 35.5. The Labute approximate surface area is 143 Å². The van der Waals surface area contributed by atoms with Gasteiger partial charge < -0.3 is 9.47 Å². The summed E-state index contributed by atoms with van der Waals surface area (Å²) in [5.41, 5.74) is 0.0657. The van der Waals surface area contributed by atoms with E-state index in [-0.39, 0.29) is 22.2 Å². The summed E-state index contributed by atoms with van der Waals surface area (Å²) < 4.78 is 1.92. The van der Waals surface area contributed by atoms with Gasteiger partial charge in [0.1, 0.15) is 10.8 Å². The van der Waals surface area contributed by atoms with Crippen LogP contribution < -0.4 is 0 Å². The van der Waals surface area contributed by atoms with Crippen molar-refractivity contribution in [1.29, 1.82) is 0 Å². The molecule has 1 saturated carbocycles. The lowest BCUT2D eigenvalue weighted by Gasteiger charge is -2.17. The second-order valence-corrected chi connectivity index (χ2v) is 6.30. The minimum atomic E-state index is -0.584. The number of hydrogen-bond acceptors (Lipinski definition) is 5. The Morgan fingerprint density at radius 2 is 2.17 bits per heavy atom. The molecule has 9 heteroatoms. The molecular formula is C15H16ClN5O3. The number of rotatable bonds is 5. The zero-order valence-corrected chi connectivity index (χ0v) is 14.0. The SMILES string of the molecule is CN(Cc1nnc(C2CC2)n1C)C(=O)c1ccc([N+](=O)[O-])c(Cl)c1. The molecule has 8 nitrogen and oxygen atoms in total. The third-order valence-electron chi connectivity index (χ3n) is 4.06. The van der Waals surface area contributed by atoms with Crippen LogP contribution in [0.5, 0.6) is 0 Å². The topological polar surface area (TPSA) is 94.2 Å². The van der Waals surface area contributed by atoms with Crippen molar-refractivity contribution in [3.05, 3.63) is 50.5 Å². The maximum Gasteiger partial charge on any atom is 0.287 e. The number of amides is 1. The molecule has 0 spiro atoms. The van der Waals surface area contributed by atoms with Crippen molar-refractivity contribution in [2.75, 3.05) is 7.05 Å². The molecule has 0 bridgehead atoms. The molecule has 0 saturated heterocycles. The van der Waals surface area contributed by atoms with Gasteiger partial charge >= 0.3 is 0 Å². The molecule has 1 fully saturated rings. The van der Waals surface area contributed by atoms with E-state index in [0.29, 0.717) is 18.3 Å². The van der Waals surface area contributed by atoms with Crippen LogP contribution in [0, 0.1) is 10.1 Å². The highest BCUT2D eigenvalue weighted by Gasteiger charge is 2.29. The quantitative estimate of drug-likeness (QED) is 0.610. The number of halogens is 1. The molecule has 3 rings (SSSR count). The first-order chi connectivity index (χ1) is 11.4. The van der Waals surface area contributed by atoms with E-state index in [9.17, 15) is 14.9 Å². The smallest absolute Gasteiger partial charge is 0.287 e. The predicted octanol–water partition coefficient (Wildman–Crippen LogP) is 2.53. The number of nitro groups is 1. The van der Waals surface area contributed by atoms with Crippen molar-refractivity contribution in [2.24, 2.45) is 7.05 Å². The third-order valence-corrected chi connectivity index (χ3v) is 4.36. The second kappa shape index (κ2) is 6.20. The van der Waals surface area contributed by atoms with Gasteiger partial charge in [0.2, 0.25) is 0 Å². The molecule has 0 atom stereocenters. The Balaban J connectivity index is 1.75. The van der Waals surface area contributed by atoms with E-state index < -0.39 is 4.92 Å². The second-order valence-electron chi connectivity index (χ2n) is 5.89. The molecule has 1 aliphatic rings. The summed E-state index contributed by atoms with van der Waals surface area (Å²) in [6.07, 6.45) is 2.25. The van der Waals surface area contributed by atoms with Gasteiger partial charge in [0, 0.05) is 31.6 Å². The maximum absolute atomic E-state index is 12.5. The van der Waals surface area contributed by atoms with Gasteiger partial charge in [0.15, 0.2) is 5.82 Å². The Morgan fingerprint density at radius 3 is 2.75 bits per heavy atom. The summed E-state index contributed by atoms with van der Waals surface area (Å²) in [6.45, 7) is 0.295. The van der Waals surface area contributed by atoms with E-state index in [1.54, 1.807) is 7.05 Å². The van der Waals surface area contributed by atoms with Crippen LogP contribution >= 0.6 is 11.6 Å². The van der Waals surface area contributed by atoms with Gasteiger partial charge in [-0.1, -0.05) is 11.6 Å². The summed E-state index contributed by atoms with van der Waals surface area (Å²) in [6, 6.07) is 3.94. The van der Waals surface area contributed by atoms with Crippen molar-refractivity contribution in [1.82, 2.24) is 19.7 Å². The minimum absolute atomic E-state index is 0.0612. The van der Waals surface area contributed by atoms with Gasteiger partial charge in [-0.15, -0.1) is 10.2 Å². The summed E-state index contributed by atoms with van der Waals surface area (Å²) in [5.74, 6) is 1.83. The van der Waals surface area contributed by atoms with Gasteiger partial charge in [-0.3, -0.25) is 14.9 Å². The fraction of sp³-hybridized carbons (Fsp3) is 0.400. The Kier molecular flexibility index (Phi) is 4.23. The predicted molar refractivity (Wildman–Crippen MR) is 86.9 cm³/mol. The number of carbonyl (C=O) groups excluding carboxylic acids is 1. The van der Waals surface area contributed by atoms with E-state index in [0.717, 1.165) is 18.7 Å².